The Labute approximate surface area is 141 Å². The van der Waals surface area contributed by atoms with E-state index in [4.69, 9.17) is 4.74 Å². The lowest BCUT2D eigenvalue weighted by Gasteiger charge is -2.13. The first-order valence-corrected chi connectivity index (χ1v) is 7.97. The van der Waals surface area contributed by atoms with Crippen molar-refractivity contribution in [3.8, 4) is 0 Å². The van der Waals surface area contributed by atoms with Crippen molar-refractivity contribution in [1.82, 2.24) is 4.98 Å². The van der Waals surface area contributed by atoms with E-state index >= 15 is 0 Å². The summed E-state index contributed by atoms with van der Waals surface area (Å²) >= 11 is 0. The monoisotopic (exact) mass is 320 g/mol. The van der Waals surface area contributed by atoms with Crippen LogP contribution in [0.25, 0.3) is 10.9 Å². The molecular weight excluding hydrogens is 300 g/mol. The topological polar surface area (TPSA) is 51.2 Å². The van der Waals surface area contributed by atoms with Crippen molar-refractivity contribution < 1.29 is 9.53 Å². The second-order valence-electron chi connectivity index (χ2n) is 5.69. The third-order valence-corrected chi connectivity index (χ3v) is 4.08. The summed E-state index contributed by atoms with van der Waals surface area (Å²) in [5, 5.41) is 4.37. The third kappa shape index (κ3) is 3.08. The molecule has 0 saturated heterocycles. The Kier molecular flexibility index (Phi) is 4.47. The summed E-state index contributed by atoms with van der Waals surface area (Å²) in [5.41, 5.74) is 5.21. The summed E-state index contributed by atoms with van der Waals surface area (Å²) in [7, 11) is 1.36. The molecule has 0 atom stereocenters. The molecule has 0 saturated carbocycles. The standard InChI is InChI=1S/C20H20N2O2/c1-4-14-8-10-15(11-9-14)21-17-12-18(20(23)24-3)22-19-13(2)6-5-7-16(17)19/h5-12H,4H2,1-3H3,(H,21,22). The number of hydrogen-bond acceptors (Lipinski definition) is 4. The Hall–Kier alpha value is -2.88. The number of rotatable bonds is 4. The van der Waals surface area contributed by atoms with Crippen LogP contribution >= 0.6 is 0 Å². The summed E-state index contributed by atoms with van der Waals surface area (Å²) in [4.78, 5) is 16.4. The van der Waals surface area contributed by atoms with E-state index in [1.165, 1.54) is 12.7 Å². The smallest absolute Gasteiger partial charge is 0.356 e. The van der Waals surface area contributed by atoms with E-state index in [0.29, 0.717) is 5.69 Å². The molecule has 3 aromatic rings. The SMILES string of the molecule is CCc1ccc(Nc2cc(C(=O)OC)nc3c(C)cccc23)cc1. The Morgan fingerprint density at radius 3 is 2.58 bits per heavy atom. The number of methoxy groups -OCH3 is 1. The number of aryl methyl sites for hydroxylation is 2. The highest BCUT2D eigenvalue weighted by Gasteiger charge is 2.13. The fourth-order valence-corrected chi connectivity index (χ4v) is 2.68. The fourth-order valence-electron chi connectivity index (χ4n) is 2.68. The first kappa shape index (κ1) is 16.0. The number of fused-ring (bicyclic) bond motifs is 1. The van der Waals surface area contributed by atoms with Crippen LogP contribution < -0.4 is 5.32 Å². The van der Waals surface area contributed by atoms with Gasteiger partial charge >= 0.3 is 5.97 Å². The molecule has 122 valence electrons. The minimum Gasteiger partial charge on any atom is -0.464 e. The summed E-state index contributed by atoms with van der Waals surface area (Å²) in [6.45, 7) is 4.11. The maximum atomic E-state index is 11.9. The first-order chi connectivity index (χ1) is 11.6. The van der Waals surface area contributed by atoms with Gasteiger partial charge in [0, 0.05) is 11.1 Å². The van der Waals surface area contributed by atoms with Crippen LogP contribution in [0.5, 0.6) is 0 Å². The van der Waals surface area contributed by atoms with Crippen molar-refractivity contribution in [1.29, 1.82) is 0 Å². The predicted octanol–water partition coefficient (Wildman–Crippen LogP) is 4.64. The number of anilines is 2. The number of pyridine rings is 1. The molecular formula is C20H20N2O2. The highest BCUT2D eigenvalue weighted by Crippen LogP contribution is 2.28. The zero-order chi connectivity index (χ0) is 17.1. The van der Waals surface area contributed by atoms with Crippen molar-refractivity contribution in [3.05, 3.63) is 65.4 Å². The van der Waals surface area contributed by atoms with Gasteiger partial charge in [-0.2, -0.15) is 0 Å². The Morgan fingerprint density at radius 2 is 1.92 bits per heavy atom. The van der Waals surface area contributed by atoms with E-state index < -0.39 is 5.97 Å². The molecule has 0 amide bonds. The van der Waals surface area contributed by atoms with Crippen LogP contribution in [0.1, 0.15) is 28.5 Å². The van der Waals surface area contributed by atoms with Crippen LogP contribution in [0.4, 0.5) is 11.4 Å². The van der Waals surface area contributed by atoms with Crippen molar-refractivity contribution in [2.75, 3.05) is 12.4 Å². The van der Waals surface area contributed by atoms with E-state index in [9.17, 15) is 4.79 Å². The molecule has 1 heterocycles. The summed E-state index contributed by atoms with van der Waals surface area (Å²) < 4.78 is 4.83. The number of para-hydroxylation sites is 1. The van der Waals surface area contributed by atoms with Crippen LogP contribution in [0, 0.1) is 6.92 Å². The van der Waals surface area contributed by atoms with E-state index in [1.807, 2.05) is 37.3 Å². The number of esters is 1. The summed E-state index contributed by atoms with van der Waals surface area (Å²) in [6.07, 6.45) is 1.00. The van der Waals surface area contributed by atoms with E-state index in [1.54, 1.807) is 6.07 Å². The normalized spacial score (nSPS) is 10.6. The van der Waals surface area contributed by atoms with Gasteiger partial charge in [0.2, 0.25) is 0 Å². The van der Waals surface area contributed by atoms with Crippen LogP contribution in [0.3, 0.4) is 0 Å². The highest BCUT2D eigenvalue weighted by molar-refractivity contribution is 5.99. The number of hydrogen-bond donors (Lipinski definition) is 1. The molecule has 1 aromatic heterocycles. The molecule has 0 aliphatic rings. The number of nitrogens with zero attached hydrogens (tertiary/aromatic N) is 1. The number of nitrogens with one attached hydrogen (secondary N) is 1. The van der Waals surface area contributed by atoms with Gasteiger partial charge in [0.05, 0.1) is 18.3 Å². The molecule has 3 rings (SSSR count). The Bertz CT molecular complexity index is 886. The zero-order valence-corrected chi connectivity index (χ0v) is 14.1. The minimum atomic E-state index is -0.440. The number of carbonyl (C=O) groups excluding carboxylic acids is 1. The second-order valence-corrected chi connectivity index (χ2v) is 5.69. The molecule has 0 bridgehead atoms. The lowest BCUT2D eigenvalue weighted by molar-refractivity contribution is 0.0594. The minimum absolute atomic E-state index is 0.298. The Morgan fingerprint density at radius 1 is 1.17 bits per heavy atom. The van der Waals surface area contributed by atoms with Crippen molar-refractivity contribution >= 4 is 28.2 Å². The van der Waals surface area contributed by atoms with Gasteiger partial charge in [0.25, 0.3) is 0 Å². The molecule has 4 nitrogen and oxygen atoms in total. The van der Waals surface area contributed by atoms with Gasteiger partial charge in [-0.25, -0.2) is 9.78 Å². The average molecular weight is 320 g/mol. The number of aromatic nitrogens is 1. The van der Waals surface area contributed by atoms with E-state index in [2.05, 4.69) is 29.4 Å². The highest BCUT2D eigenvalue weighted by atomic mass is 16.5. The van der Waals surface area contributed by atoms with Crippen LogP contribution in [0.2, 0.25) is 0 Å². The second kappa shape index (κ2) is 6.71. The van der Waals surface area contributed by atoms with Gasteiger partial charge in [-0.05, 0) is 42.7 Å². The zero-order valence-electron chi connectivity index (χ0n) is 14.1. The lowest BCUT2D eigenvalue weighted by Crippen LogP contribution is -2.06. The molecule has 24 heavy (non-hydrogen) atoms. The maximum Gasteiger partial charge on any atom is 0.356 e. The van der Waals surface area contributed by atoms with Crippen LogP contribution in [-0.2, 0) is 11.2 Å². The number of benzene rings is 2. The van der Waals surface area contributed by atoms with E-state index in [-0.39, 0.29) is 0 Å². The molecule has 0 aliphatic carbocycles. The maximum absolute atomic E-state index is 11.9. The van der Waals surface area contributed by atoms with Crippen LogP contribution in [-0.4, -0.2) is 18.1 Å². The molecule has 0 spiro atoms. The quantitative estimate of drug-likeness (QED) is 0.712. The van der Waals surface area contributed by atoms with Gasteiger partial charge in [0.1, 0.15) is 0 Å². The molecule has 0 aliphatic heterocycles. The lowest BCUT2D eigenvalue weighted by atomic mass is 10.1. The molecule has 4 heteroatoms. The average Bonchev–Trinajstić information content (AvgIpc) is 2.62. The molecule has 1 N–H and O–H groups in total. The van der Waals surface area contributed by atoms with Gasteiger partial charge in [-0.3, -0.25) is 0 Å². The number of carbonyl (C=O) groups is 1. The predicted molar refractivity (Wildman–Crippen MR) is 96.9 cm³/mol. The number of ether oxygens (including phenoxy) is 1. The largest absolute Gasteiger partial charge is 0.464 e. The van der Waals surface area contributed by atoms with Crippen molar-refractivity contribution in [2.45, 2.75) is 20.3 Å². The van der Waals surface area contributed by atoms with Gasteiger partial charge in [0.15, 0.2) is 5.69 Å². The summed E-state index contributed by atoms with van der Waals surface area (Å²) in [6, 6.07) is 16.0. The van der Waals surface area contributed by atoms with Crippen molar-refractivity contribution in [2.24, 2.45) is 0 Å². The van der Waals surface area contributed by atoms with E-state index in [0.717, 1.165) is 34.3 Å². The molecule has 0 radical (unpaired) electrons. The Balaban J connectivity index is 2.10. The van der Waals surface area contributed by atoms with Crippen LogP contribution in [0.15, 0.2) is 48.5 Å². The summed E-state index contributed by atoms with van der Waals surface area (Å²) in [5.74, 6) is -0.440. The van der Waals surface area contributed by atoms with Gasteiger partial charge in [-0.15, -0.1) is 0 Å². The van der Waals surface area contributed by atoms with Gasteiger partial charge in [-0.1, -0.05) is 37.3 Å². The third-order valence-electron chi connectivity index (χ3n) is 4.08. The molecule has 2 aromatic carbocycles. The first-order valence-electron chi connectivity index (χ1n) is 7.97. The molecule has 0 unspecified atom stereocenters. The van der Waals surface area contributed by atoms with Crippen molar-refractivity contribution in [3.63, 3.8) is 0 Å². The van der Waals surface area contributed by atoms with Gasteiger partial charge < -0.3 is 10.1 Å². The fraction of sp³-hybridized carbons (Fsp3) is 0.200. The molecule has 0 fully saturated rings.